The minimum absolute atomic E-state index is 0.634. The Balaban J connectivity index is 2.10. The average molecular weight is 290 g/mol. The third kappa shape index (κ3) is 2.11. The number of aromatic nitrogens is 1. The second kappa shape index (κ2) is 4.77. The van der Waals surface area contributed by atoms with Crippen molar-refractivity contribution < 1.29 is 0 Å². The molecular formula is C15H16BrN. The number of halogens is 1. The van der Waals surface area contributed by atoms with E-state index in [1.165, 1.54) is 42.0 Å². The lowest BCUT2D eigenvalue weighted by atomic mass is 9.82. The lowest BCUT2D eigenvalue weighted by molar-refractivity contribution is 0.463. The normalized spacial score (nSPS) is 25.0. The van der Waals surface area contributed by atoms with E-state index >= 15 is 0 Å². The number of pyridine rings is 1. The van der Waals surface area contributed by atoms with Crippen LogP contribution < -0.4 is 0 Å². The van der Waals surface area contributed by atoms with E-state index in [4.69, 9.17) is 0 Å². The Bertz CT molecular complexity index is 518. The van der Waals surface area contributed by atoms with Crippen LogP contribution >= 0.6 is 15.9 Å². The van der Waals surface area contributed by atoms with E-state index in [0.29, 0.717) is 10.7 Å². The van der Waals surface area contributed by atoms with Gasteiger partial charge in [-0.2, -0.15) is 0 Å². The van der Waals surface area contributed by atoms with Gasteiger partial charge in [0.2, 0.25) is 0 Å². The van der Waals surface area contributed by atoms with E-state index in [9.17, 15) is 0 Å². The van der Waals surface area contributed by atoms with Crippen molar-refractivity contribution >= 4 is 26.7 Å². The van der Waals surface area contributed by atoms with Crippen LogP contribution in [0.1, 0.15) is 37.2 Å². The van der Waals surface area contributed by atoms with Gasteiger partial charge in [-0.05, 0) is 35.8 Å². The second-order valence-electron chi connectivity index (χ2n) is 4.85. The van der Waals surface area contributed by atoms with Crippen LogP contribution in [0.15, 0.2) is 36.7 Å². The highest BCUT2D eigenvalue weighted by molar-refractivity contribution is 9.09. The first-order valence-electron chi connectivity index (χ1n) is 6.33. The number of hydrogen-bond donors (Lipinski definition) is 0. The summed E-state index contributed by atoms with van der Waals surface area (Å²) < 4.78 is 0. The highest BCUT2D eigenvalue weighted by atomic mass is 79.9. The fourth-order valence-electron chi connectivity index (χ4n) is 2.91. The summed E-state index contributed by atoms with van der Waals surface area (Å²) in [4.78, 5) is 4.84. The molecule has 1 aromatic heterocycles. The maximum atomic E-state index is 4.21. The number of nitrogens with zero attached hydrogens (tertiary/aromatic N) is 1. The Morgan fingerprint density at radius 2 is 2.00 bits per heavy atom. The summed E-state index contributed by atoms with van der Waals surface area (Å²) in [5, 5.41) is 2.63. The maximum absolute atomic E-state index is 4.21. The molecule has 1 aliphatic rings. The van der Waals surface area contributed by atoms with E-state index in [1.54, 1.807) is 0 Å². The number of rotatable bonds is 1. The van der Waals surface area contributed by atoms with E-state index in [1.807, 2.05) is 12.4 Å². The van der Waals surface area contributed by atoms with Gasteiger partial charge in [0.15, 0.2) is 0 Å². The van der Waals surface area contributed by atoms with Crippen molar-refractivity contribution in [1.82, 2.24) is 4.98 Å². The first-order chi connectivity index (χ1) is 8.36. The Kier molecular flexibility index (Phi) is 3.15. The van der Waals surface area contributed by atoms with Crippen molar-refractivity contribution in [2.24, 2.45) is 0 Å². The SMILES string of the molecule is BrC1CCCCC1c1cccc2cnccc12. The van der Waals surface area contributed by atoms with Gasteiger partial charge in [-0.1, -0.05) is 47.0 Å². The number of fused-ring (bicyclic) bond motifs is 1. The smallest absolute Gasteiger partial charge is 0.0346 e. The molecule has 88 valence electrons. The molecule has 2 heteroatoms. The van der Waals surface area contributed by atoms with Crippen LogP contribution in [0.5, 0.6) is 0 Å². The summed E-state index contributed by atoms with van der Waals surface area (Å²) >= 11 is 3.86. The zero-order valence-corrected chi connectivity index (χ0v) is 11.4. The molecule has 1 nitrogen and oxygen atoms in total. The van der Waals surface area contributed by atoms with Gasteiger partial charge in [-0.15, -0.1) is 0 Å². The van der Waals surface area contributed by atoms with Gasteiger partial charge in [0, 0.05) is 22.6 Å². The van der Waals surface area contributed by atoms with E-state index in [2.05, 4.69) is 45.2 Å². The Hall–Kier alpha value is -0.890. The van der Waals surface area contributed by atoms with E-state index in [0.717, 1.165) is 0 Å². The van der Waals surface area contributed by atoms with Gasteiger partial charge >= 0.3 is 0 Å². The molecule has 1 aliphatic carbocycles. The Labute approximate surface area is 110 Å². The number of alkyl halides is 1. The van der Waals surface area contributed by atoms with Crippen molar-refractivity contribution in [1.29, 1.82) is 0 Å². The summed E-state index contributed by atoms with van der Waals surface area (Å²) in [5.41, 5.74) is 1.49. The van der Waals surface area contributed by atoms with Gasteiger partial charge in [-0.3, -0.25) is 4.98 Å². The monoisotopic (exact) mass is 289 g/mol. The molecule has 1 heterocycles. The molecule has 1 fully saturated rings. The molecule has 0 aliphatic heterocycles. The minimum Gasteiger partial charge on any atom is -0.264 e. The molecular weight excluding hydrogens is 274 g/mol. The summed E-state index contributed by atoms with van der Waals surface area (Å²) in [6.07, 6.45) is 9.18. The zero-order chi connectivity index (χ0) is 11.7. The topological polar surface area (TPSA) is 12.9 Å². The van der Waals surface area contributed by atoms with Crippen LogP contribution in [0.3, 0.4) is 0 Å². The third-order valence-corrected chi connectivity index (χ3v) is 4.89. The summed E-state index contributed by atoms with van der Waals surface area (Å²) in [7, 11) is 0. The first-order valence-corrected chi connectivity index (χ1v) is 7.24. The Morgan fingerprint density at radius 1 is 1.12 bits per heavy atom. The highest BCUT2D eigenvalue weighted by Crippen LogP contribution is 2.39. The van der Waals surface area contributed by atoms with Gasteiger partial charge in [0.25, 0.3) is 0 Å². The van der Waals surface area contributed by atoms with Crippen molar-refractivity contribution in [3.63, 3.8) is 0 Å². The lowest BCUT2D eigenvalue weighted by Gasteiger charge is -2.28. The van der Waals surface area contributed by atoms with Crippen molar-refractivity contribution in [3.05, 3.63) is 42.2 Å². The summed E-state index contributed by atoms with van der Waals surface area (Å²) in [5.74, 6) is 0.662. The number of hydrogen-bond acceptors (Lipinski definition) is 1. The lowest BCUT2D eigenvalue weighted by Crippen LogP contribution is -2.17. The van der Waals surface area contributed by atoms with Crippen molar-refractivity contribution in [2.45, 2.75) is 36.4 Å². The predicted octanol–water partition coefficient (Wildman–Crippen LogP) is 4.66. The molecule has 0 radical (unpaired) electrons. The van der Waals surface area contributed by atoms with E-state index in [-0.39, 0.29) is 0 Å². The largest absolute Gasteiger partial charge is 0.264 e. The van der Waals surface area contributed by atoms with Crippen LogP contribution in [0, 0.1) is 0 Å². The molecule has 1 saturated carbocycles. The standard InChI is InChI=1S/C15H16BrN/c16-15-7-2-1-5-14(15)13-6-3-4-11-10-17-9-8-12(11)13/h3-4,6,8-10,14-15H,1-2,5,7H2. The average Bonchev–Trinajstić information content (AvgIpc) is 2.39. The molecule has 0 saturated heterocycles. The number of benzene rings is 1. The van der Waals surface area contributed by atoms with Gasteiger partial charge in [-0.25, -0.2) is 0 Å². The Morgan fingerprint density at radius 3 is 2.88 bits per heavy atom. The quantitative estimate of drug-likeness (QED) is 0.696. The fraction of sp³-hybridized carbons (Fsp3) is 0.400. The molecule has 0 N–H and O–H groups in total. The van der Waals surface area contributed by atoms with Crippen LogP contribution in [0.4, 0.5) is 0 Å². The summed E-state index contributed by atoms with van der Waals surface area (Å²) in [6.45, 7) is 0. The maximum Gasteiger partial charge on any atom is 0.0346 e. The van der Waals surface area contributed by atoms with Crippen molar-refractivity contribution in [2.75, 3.05) is 0 Å². The molecule has 2 atom stereocenters. The molecule has 2 aromatic rings. The fourth-order valence-corrected chi connectivity index (χ4v) is 3.78. The van der Waals surface area contributed by atoms with Gasteiger partial charge < -0.3 is 0 Å². The molecule has 1 aromatic carbocycles. The highest BCUT2D eigenvalue weighted by Gasteiger charge is 2.25. The predicted molar refractivity (Wildman–Crippen MR) is 75.7 cm³/mol. The molecule has 0 bridgehead atoms. The molecule has 2 unspecified atom stereocenters. The first kappa shape index (κ1) is 11.2. The molecule has 0 amide bonds. The van der Waals surface area contributed by atoms with Crippen LogP contribution in [-0.2, 0) is 0 Å². The second-order valence-corrected chi connectivity index (χ2v) is 6.03. The molecule has 17 heavy (non-hydrogen) atoms. The van der Waals surface area contributed by atoms with Crippen molar-refractivity contribution in [3.8, 4) is 0 Å². The summed E-state index contributed by atoms with van der Waals surface area (Å²) in [6, 6.07) is 8.75. The molecule has 3 rings (SSSR count). The third-order valence-electron chi connectivity index (χ3n) is 3.80. The van der Waals surface area contributed by atoms with Gasteiger partial charge in [0.1, 0.15) is 0 Å². The van der Waals surface area contributed by atoms with Crippen LogP contribution in [-0.4, -0.2) is 9.81 Å². The van der Waals surface area contributed by atoms with Crippen LogP contribution in [0.25, 0.3) is 10.8 Å². The van der Waals surface area contributed by atoms with Crippen LogP contribution in [0.2, 0.25) is 0 Å². The van der Waals surface area contributed by atoms with Gasteiger partial charge in [0.05, 0.1) is 0 Å². The zero-order valence-electron chi connectivity index (χ0n) is 9.77. The minimum atomic E-state index is 0.634. The molecule has 0 spiro atoms. The van der Waals surface area contributed by atoms with E-state index < -0.39 is 0 Å².